The Bertz CT molecular complexity index is 606. The van der Waals surface area contributed by atoms with Gasteiger partial charge in [0, 0.05) is 10.6 Å². The van der Waals surface area contributed by atoms with Gasteiger partial charge in [-0.3, -0.25) is 4.79 Å². The molecule has 20 heavy (non-hydrogen) atoms. The first-order valence-corrected chi connectivity index (χ1v) is 7.05. The predicted molar refractivity (Wildman–Crippen MR) is 82.1 cm³/mol. The standard InChI is InChI=1S/C16H14Cl2O2/c1-2-11-3-5-12(6-4-11)15(19)10-20-16-8-7-13(17)9-14(16)18/h3-9H,2,10H2,1H3. The first-order valence-electron chi connectivity index (χ1n) is 6.30. The molecule has 0 aromatic heterocycles. The van der Waals surface area contributed by atoms with Crippen molar-refractivity contribution in [3.8, 4) is 5.75 Å². The number of ether oxygens (including phenoxy) is 1. The third kappa shape index (κ3) is 3.75. The number of benzene rings is 2. The van der Waals surface area contributed by atoms with Crippen LogP contribution in [0.5, 0.6) is 5.75 Å². The van der Waals surface area contributed by atoms with Crippen molar-refractivity contribution in [2.24, 2.45) is 0 Å². The van der Waals surface area contributed by atoms with Crippen molar-refractivity contribution in [2.45, 2.75) is 13.3 Å². The molecule has 0 atom stereocenters. The largest absolute Gasteiger partial charge is 0.484 e. The van der Waals surface area contributed by atoms with E-state index in [1.54, 1.807) is 18.2 Å². The molecular formula is C16H14Cl2O2. The molecule has 0 heterocycles. The molecule has 0 fully saturated rings. The summed E-state index contributed by atoms with van der Waals surface area (Å²) < 4.78 is 5.42. The van der Waals surface area contributed by atoms with Crippen LogP contribution in [0.2, 0.25) is 10.0 Å². The highest BCUT2D eigenvalue weighted by Crippen LogP contribution is 2.27. The average Bonchev–Trinajstić information content (AvgIpc) is 2.46. The van der Waals surface area contributed by atoms with Gasteiger partial charge in [0.1, 0.15) is 5.75 Å². The quantitative estimate of drug-likeness (QED) is 0.740. The van der Waals surface area contributed by atoms with Gasteiger partial charge in [-0.05, 0) is 30.2 Å². The lowest BCUT2D eigenvalue weighted by Gasteiger charge is -2.08. The molecule has 4 heteroatoms. The second kappa shape index (κ2) is 6.78. The van der Waals surface area contributed by atoms with E-state index in [2.05, 4.69) is 6.92 Å². The van der Waals surface area contributed by atoms with Crippen molar-refractivity contribution in [1.82, 2.24) is 0 Å². The number of Topliss-reactive ketones (excluding diaryl/α,β-unsaturated/α-hetero) is 1. The highest BCUT2D eigenvalue weighted by Gasteiger charge is 2.09. The van der Waals surface area contributed by atoms with Gasteiger partial charge in [0.2, 0.25) is 0 Å². The topological polar surface area (TPSA) is 26.3 Å². The van der Waals surface area contributed by atoms with E-state index in [0.717, 1.165) is 6.42 Å². The van der Waals surface area contributed by atoms with Crippen molar-refractivity contribution >= 4 is 29.0 Å². The summed E-state index contributed by atoms with van der Waals surface area (Å²) in [5, 5.41) is 0.926. The molecular weight excluding hydrogens is 295 g/mol. The van der Waals surface area contributed by atoms with Crippen molar-refractivity contribution in [2.75, 3.05) is 6.61 Å². The first-order chi connectivity index (χ1) is 9.60. The van der Waals surface area contributed by atoms with E-state index >= 15 is 0 Å². The van der Waals surface area contributed by atoms with Gasteiger partial charge in [0.15, 0.2) is 12.4 Å². The third-order valence-corrected chi connectivity index (χ3v) is 3.47. The Morgan fingerprint density at radius 2 is 1.80 bits per heavy atom. The Kier molecular flexibility index (Phi) is 5.05. The van der Waals surface area contributed by atoms with Gasteiger partial charge in [-0.1, -0.05) is 54.4 Å². The van der Waals surface area contributed by atoms with Crippen molar-refractivity contribution in [1.29, 1.82) is 0 Å². The number of hydrogen-bond acceptors (Lipinski definition) is 2. The summed E-state index contributed by atoms with van der Waals surface area (Å²) in [5.74, 6) is 0.369. The van der Waals surface area contributed by atoms with E-state index in [-0.39, 0.29) is 12.4 Å². The SMILES string of the molecule is CCc1ccc(C(=O)COc2ccc(Cl)cc2Cl)cc1. The highest BCUT2D eigenvalue weighted by molar-refractivity contribution is 6.35. The maximum atomic E-state index is 12.0. The Morgan fingerprint density at radius 3 is 2.40 bits per heavy atom. The number of rotatable bonds is 5. The molecule has 0 N–H and O–H groups in total. The molecule has 0 radical (unpaired) electrons. The van der Waals surface area contributed by atoms with E-state index in [1.807, 2.05) is 24.3 Å². The lowest BCUT2D eigenvalue weighted by molar-refractivity contribution is 0.0921. The lowest BCUT2D eigenvalue weighted by atomic mass is 10.1. The molecule has 0 aliphatic carbocycles. The fourth-order valence-corrected chi connectivity index (χ4v) is 2.21. The molecule has 2 aromatic rings. The van der Waals surface area contributed by atoms with Crippen LogP contribution < -0.4 is 4.74 Å². The van der Waals surface area contributed by atoms with E-state index in [4.69, 9.17) is 27.9 Å². The maximum absolute atomic E-state index is 12.0. The van der Waals surface area contributed by atoms with Crippen LogP contribution in [0.15, 0.2) is 42.5 Å². The van der Waals surface area contributed by atoms with Crippen LogP contribution in [0.25, 0.3) is 0 Å². The number of halogens is 2. The Morgan fingerprint density at radius 1 is 1.10 bits per heavy atom. The van der Waals surface area contributed by atoms with Crippen LogP contribution >= 0.6 is 23.2 Å². The summed E-state index contributed by atoms with van der Waals surface area (Å²) >= 11 is 11.8. The fraction of sp³-hybridized carbons (Fsp3) is 0.188. The van der Waals surface area contributed by atoms with Crippen LogP contribution in [0.3, 0.4) is 0 Å². The lowest BCUT2D eigenvalue weighted by Crippen LogP contribution is -2.11. The second-order valence-electron chi connectivity index (χ2n) is 4.34. The molecule has 0 aliphatic heterocycles. The zero-order valence-corrected chi connectivity index (χ0v) is 12.5. The minimum atomic E-state index is -0.0846. The number of carbonyl (C=O) groups is 1. The minimum absolute atomic E-state index is 0.0488. The Labute approximate surface area is 128 Å². The molecule has 0 saturated carbocycles. The molecule has 0 amide bonds. The average molecular weight is 309 g/mol. The van der Waals surface area contributed by atoms with Gasteiger partial charge in [0.25, 0.3) is 0 Å². The first kappa shape index (κ1) is 14.9. The number of hydrogen-bond donors (Lipinski definition) is 0. The van der Waals surface area contributed by atoms with Crippen molar-refractivity contribution < 1.29 is 9.53 Å². The number of ketones is 1. The zero-order chi connectivity index (χ0) is 14.5. The normalized spacial score (nSPS) is 10.3. The van der Waals surface area contributed by atoms with Crippen LogP contribution in [0.1, 0.15) is 22.8 Å². The molecule has 0 aliphatic rings. The van der Waals surface area contributed by atoms with Crippen LogP contribution in [-0.4, -0.2) is 12.4 Å². The van der Waals surface area contributed by atoms with E-state index in [0.29, 0.717) is 21.4 Å². The van der Waals surface area contributed by atoms with Gasteiger partial charge in [-0.15, -0.1) is 0 Å². The summed E-state index contributed by atoms with van der Waals surface area (Å²) in [4.78, 5) is 12.0. The third-order valence-electron chi connectivity index (χ3n) is 2.94. The second-order valence-corrected chi connectivity index (χ2v) is 5.18. The predicted octanol–water partition coefficient (Wildman–Crippen LogP) is 4.82. The molecule has 0 bridgehead atoms. The molecule has 2 aromatic carbocycles. The van der Waals surface area contributed by atoms with Crippen LogP contribution in [0, 0.1) is 0 Å². The van der Waals surface area contributed by atoms with Crippen molar-refractivity contribution in [3.05, 3.63) is 63.6 Å². The Hall–Kier alpha value is -1.51. The highest BCUT2D eigenvalue weighted by atomic mass is 35.5. The van der Waals surface area contributed by atoms with Gasteiger partial charge < -0.3 is 4.74 Å². The maximum Gasteiger partial charge on any atom is 0.200 e. The molecule has 104 valence electrons. The minimum Gasteiger partial charge on any atom is -0.484 e. The van der Waals surface area contributed by atoms with E-state index in [1.165, 1.54) is 5.56 Å². The number of carbonyl (C=O) groups excluding carboxylic acids is 1. The summed E-state index contributed by atoms with van der Waals surface area (Å²) in [6.07, 6.45) is 0.950. The van der Waals surface area contributed by atoms with Crippen molar-refractivity contribution in [3.63, 3.8) is 0 Å². The van der Waals surface area contributed by atoms with Gasteiger partial charge in [-0.25, -0.2) is 0 Å². The van der Waals surface area contributed by atoms with E-state index in [9.17, 15) is 4.79 Å². The van der Waals surface area contributed by atoms with Crippen LogP contribution in [0.4, 0.5) is 0 Å². The molecule has 0 unspecified atom stereocenters. The molecule has 2 nitrogen and oxygen atoms in total. The summed E-state index contributed by atoms with van der Waals surface area (Å²) in [7, 11) is 0. The monoisotopic (exact) mass is 308 g/mol. The van der Waals surface area contributed by atoms with Gasteiger partial charge in [-0.2, -0.15) is 0 Å². The molecule has 2 rings (SSSR count). The van der Waals surface area contributed by atoms with Gasteiger partial charge in [0.05, 0.1) is 5.02 Å². The Balaban J connectivity index is 2.00. The summed E-state index contributed by atoms with van der Waals surface area (Å²) in [6.45, 7) is 2.02. The van der Waals surface area contributed by atoms with Crippen LogP contribution in [-0.2, 0) is 6.42 Å². The smallest absolute Gasteiger partial charge is 0.200 e. The molecule has 0 spiro atoms. The fourth-order valence-electron chi connectivity index (χ4n) is 1.75. The number of aryl methyl sites for hydroxylation is 1. The summed E-state index contributed by atoms with van der Waals surface area (Å²) in [6, 6.07) is 12.4. The van der Waals surface area contributed by atoms with E-state index < -0.39 is 0 Å². The van der Waals surface area contributed by atoms with Gasteiger partial charge >= 0.3 is 0 Å². The molecule has 0 saturated heterocycles. The summed E-state index contributed by atoms with van der Waals surface area (Å²) in [5.41, 5.74) is 1.83. The zero-order valence-electron chi connectivity index (χ0n) is 11.0.